The first-order valence-corrected chi connectivity index (χ1v) is 16.3. The Balaban J connectivity index is 1.49. The molecule has 0 unspecified atom stereocenters. The standard InChI is InChI=1S/C32H39FN4O4S/c1-4-5-14-29-34-32(17-8-9-18-32)31(38)37(29)21-24-15-16-26(25(20-24)11-10-19-33)27-12-6-7-13-28(27)42(39,40)36-30-22(2)23(3)41-35-30/h6-7,12-13,15-16,20H,4-5,8-11,14,17-19,21H2,1-3H3,(H,35,36). The van der Waals surface area contributed by atoms with Crippen molar-refractivity contribution < 1.29 is 22.1 Å². The van der Waals surface area contributed by atoms with Crippen LogP contribution in [0.5, 0.6) is 0 Å². The van der Waals surface area contributed by atoms with Crippen molar-refractivity contribution in [1.29, 1.82) is 0 Å². The number of anilines is 1. The Labute approximate surface area is 247 Å². The number of halogens is 1. The highest BCUT2D eigenvalue weighted by molar-refractivity contribution is 7.92. The van der Waals surface area contributed by atoms with E-state index < -0.39 is 22.2 Å². The molecule has 0 radical (unpaired) electrons. The minimum atomic E-state index is -4.02. The monoisotopic (exact) mass is 594 g/mol. The van der Waals surface area contributed by atoms with Gasteiger partial charge in [0, 0.05) is 17.5 Å². The van der Waals surface area contributed by atoms with Crippen molar-refractivity contribution in [2.45, 2.75) is 95.5 Å². The summed E-state index contributed by atoms with van der Waals surface area (Å²) in [5, 5.41) is 3.86. The lowest BCUT2D eigenvalue weighted by molar-refractivity contribution is -0.131. The van der Waals surface area contributed by atoms with E-state index in [0.717, 1.165) is 61.9 Å². The summed E-state index contributed by atoms with van der Waals surface area (Å²) in [4.78, 5) is 20.6. The van der Waals surface area contributed by atoms with E-state index in [1.807, 2.05) is 23.1 Å². The number of amidine groups is 1. The van der Waals surface area contributed by atoms with Crippen LogP contribution in [0.1, 0.15) is 80.7 Å². The second-order valence-electron chi connectivity index (χ2n) is 11.4. The molecule has 5 rings (SSSR count). The number of aryl methyl sites for hydroxylation is 2. The molecule has 1 fully saturated rings. The van der Waals surface area contributed by atoms with Gasteiger partial charge in [0.15, 0.2) is 5.82 Å². The topological polar surface area (TPSA) is 105 Å². The number of alkyl halides is 1. The van der Waals surface area contributed by atoms with Crippen molar-refractivity contribution in [1.82, 2.24) is 10.1 Å². The molecule has 0 saturated heterocycles. The van der Waals surface area contributed by atoms with E-state index in [1.54, 1.807) is 38.1 Å². The van der Waals surface area contributed by atoms with Crippen LogP contribution in [-0.2, 0) is 27.8 Å². The fourth-order valence-corrected chi connectivity index (χ4v) is 7.25. The predicted molar refractivity (Wildman–Crippen MR) is 162 cm³/mol. The summed E-state index contributed by atoms with van der Waals surface area (Å²) >= 11 is 0. The van der Waals surface area contributed by atoms with Crippen LogP contribution in [0.3, 0.4) is 0 Å². The van der Waals surface area contributed by atoms with Gasteiger partial charge < -0.3 is 4.52 Å². The third-order valence-corrected chi connectivity index (χ3v) is 9.82. The normalized spacial score (nSPS) is 16.4. The lowest BCUT2D eigenvalue weighted by Gasteiger charge is -2.23. The Morgan fingerprint density at radius 2 is 1.81 bits per heavy atom. The number of unbranched alkanes of at least 4 members (excludes halogenated alkanes) is 1. The average molecular weight is 595 g/mol. The van der Waals surface area contributed by atoms with E-state index in [1.165, 1.54) is 0 Å². The van der Waals surface area contributed by atoms with Gasteiger partial charge in [0.25, 0.3) is 15.9 Å². The maximum absolute atomic E-state index is 13.7. The molecule has 2 aromatic carbocycles. The summed E-state index contributed by atoms with van der Waals surface area (Å²) < 4.78 is 48.2. The molecule has 1 aromatic heterocycles. The summed E-state index contributed by atoms with van der Waals surface area (Å²) in [6.45, 7) is 5.48. The van der Waals surface area contributed by atoms with Gasteiger partial charge in [-0.1, -0.05) is 67.7 Å². The van der Waals surface area contributed by atoms with Crippen molar-refractivity contribution in [2.75, 3.05) is 11.4 Å². The summed E-state index contributed by atoms with van der Waals surface area (Å²) in [6.07, 6.45) is 7.09. The van der Waals surface area contributed by atoms with Crippen LogP contribution in [0.15, 0.2) is 56.9 Å². The largest absolute Gasteiger partial charge is 0.359 e. The molecule has 0 atom stereocenters. The quantitative estimate of drug-likeness (QED) is 0.245. The van der Waals surface area contributed by atoms with E-state index in [4.69, 9.17) is 9.52 Å². The molecule has 3 aromatic rings. The van der Waals surface area contributed by atoms with Crippen LogP contribution < -0.4 is 4.72 Å². The number of aromatic nitrogens is 1. The predicted octanol–water partition coefficient (Wildman–Crippen LogP) is 6.91. The molecule has 2 heterocycles. The highest BCUT2D eigenvalue weighted by atomic mass is 32.2. The van der Waals surface area contributed by atoms with Crippen LogP contribution in [0, 0.1) is 13.8 Å². The number of hydrogen-bond acceptors (Lipinski definition) is 6. The molecule has 0 bridgehead atoms. The number of carbonyl (C=O) groups is 1. The molecular weight excluding hydrogens is 555 g/mol. The number of benzene rings is 2. The van der Waals surface area contributed by atoms with Gasteiger partial charge in [0.1, 0.15) is 17.1 Å². The maximum Gasteiger partial charge on any atom is 0.263 e. The SMILES string of the molecule is CCCCC1=NC2(CCCC2)C(=O)N1Cc1ccc(-c2ccccc2S(=O)(=O)Nc2noc(C)c2C)c(CCCF)c1. The minimum absolute atomic E-state index is 0.0846. The fourth-order valence-electron chi connectivity index (χ4n) is 5.97. The summed E-state index contributed by atoms with van der Waals surface area (Å²) in [7, 11) is -4.02. The van der Waals surface area contributed by atoms with Crippen molar-refractivity contribution in [3.63, 3.8) is 0 Å². The molecule has 1 aliphatic heterocycles. The molecule has 1 amide bonds. The first-order chi connectivity index (χ1) is 20.2. The van der Waals surface area contributed by atoms with Crippen molar-refractivity contribution in [2.24, 2.45) is 4.99 Å². The zero-order valence-electron chi connectivity index (χ0n) is 24.6. The summed E-state index contributed by atoms with van der Waals surface area (Å²) in [6, 6.07) is 12.6. The van der Waals surface area contributed by atoms with Crippen molar-refractivity contribution >= 4 is 27.6 Å². The van der Waals surface area contributed by atoms with Crippen molar-refractivity contribution in [3.05, 3.63) is 64.9 Å². The zero-order valence-corrected chi connectivity index (χ0v) is 25.4. The van der Waals surface area contributed by atoms with Crippen molar-refractivity contribution in [3.8, 4) is 11.1 Å². The number of rotatable bonds is 12. The van der Waals surface area contributed by atoms with E-state index in [2.05, 4.69) is 16.8 Å². The number of carbonyl (C=O) groups excluding carboxylic acids is 1. The molecule has 10 heteroatoms. The zero-order chi connectivity index (χ0) is 29.9. The second-order valence-corrected chi connectivity index (χ2v) is 13.0. The molecule has 2 aliphatic rings. The Morgan fingerprint density at radius 1 is 1.05 bits per heavy atom. The highest BCUT2D eigenvalue weighted by Crippen LogP contribution is 2.40. The second kappa shape index (κ2) is 12.4. The first-order valence-electron chi connectivity index (χ1n) is 14.8. The van der Waals surface area contributed by atoms with E-state index in [0.29, 0.717) is 41.8 Å². The van der Waals surface area contributed by atoms with Gasteiger partial charge in [-0.3, -0.25) is 23.8 Å². The Morgan fingerprint density at radius 3 is 2.50 bits per heavy atom. The Kier molecular flexibility index (Phi) is 8.82. The molecule has 1 aliphatic carbocycles. The molecular formula is C32H39FN4O4S. The summed E-state index contributed by atoms with van der Waals surface area (Å²) in [5.74, 6) is 1.62. The maximum atomic E-state index is 13.7. The van der Waals surface area contributed by atoms with Gasteiger partial charge in [-0.05, 0) is 68.7 Å². The number of aliphatic imine (C=N–C) groups is 1. The highest BCUT2D eigenvalue weighted by Gasteiger charge is 2.49. The molecule has 224 valence electrons. The van der Waals surface area contributed by atoms with Gasteiger partial charge in [0.2, 0.25) is 0 Å². The molecule has 1 N–H and O–H groups in total. The minimum Gasteiger partial charge on any atom is -0.359 e. The number of nitrogens with one attached hydrogen (secondary N) is 1. The summed E-state index contributed by atoms with van der Waals surface area (Å²) in [5.41, 5.74) is 2.96. The fraction of sp³-hybridized carbons (Fsp3) is 0.469. The van der Waals surface area contributed by atoms with E-state index in [-0.39, 0.29) is 16.6 Å². The molecule has 1 saturated carbocycles. The Bertz CT molecular complexity index is 1590. The van der Waals surface area contributed by atoms with Crippen LogP contribution in [-0.4, -0.2) is 42.4 Å². The van der Waals surface area contributed by atoms with Crippen LogP contribution in [0.4, 0.5) is 10.2 Å². The Hall–Kier alpha value is -3.53. The average Bonchev–Trinajstić information content (AvgIpc) is 3.66. The molecule has 8 nitrogen and oxygen atoms in total. The lowest BCUT2D eigenvalue weighted by atomic mass is 9.94. The van der Waals surface area contributed by atoms with E-state index in [9.17, 15) is 17.6 Å². The van der Waals surface area contributed by atoms with Gasteiger partial charge in [-0.15, -0.1) is 0 Å². The molecule has 1 spiro atoms. The van der Waals surface area contributed by atoms with Crippen LogP contribution >= 0.6 is 0 Å². The van der Waals surface area contributed by atoms with Gasteiger partial charge in [-0.25, -0.2) is 8.42 Å². The number of nitrogens with zero attached hydrogens (tertiary/aromatic N) is 3. The number of sulfonamides is 1. The first kappa shape index (κ1) is 29.9. The van der Waals surface area contributed by atoms with Gasteiger partial charge in [-0.2, -0.15) is 0 Å². The number of amides is 1. The smallest absolute Gasteiger partial charge is 0.263 e. The molecule has 42 heavy (non-hydrogen) atoms. The third kappa shape index (κ3) is 5.86. The number of hydrogen-bond donors (Lipinski definition) is 1. The lowest BCUT2D eigenvalue weighted by Crippen LogP contribution is -2.40. The van der Waals surface area contributed by atoms with Gasteiger partial charge in [0.05, 0.1) is 18.1 Å². The van der Waals surface area contributed by atoms with Crippen LogP contribution in [0.25, 0.3) is 11.1 Å². The third-order valence-electron chi connectivity index (χ3n) is 8.43. The van der Waals surface area contributed by atoms with Gasteiger partial charge >= 0.3 is 0 Å². The van der Waals surface area contributed by atoms with Crippen LogP contribution in [0.2, 0.25) is 0 Å². The van der Waals surface area contributed by atoms with E-state index >= 15 is 0 Å².